The Labute approximate surface area is 207 Å². The van der Waals surface area contributed by atoms with Gasteiger partial charge in [0.15, 0.2) is 0 Å². The van der Waals surface area contributed by atoms with Crippen LogP contribution in [0, 0.1) is 0 Å². The predicted octanol–water partition coefficient (Wildman–Crippen LogP) is 4.30. The lowest BCUT2D eigenvalue weighted by Crippen LogP contribution is -2.44. The zero-order chi connectivity index (χ0) is 22.7. The summed E-state index contributed by atoms with van der Waals surface area (Å²) in [4.78, 5) is 34.2. The maximum atomic E-state index is 13.2. The lowest BCUT2D eigenvalue weighted by molar-refractivity contribution is -0.120. The molecular formula is C24H31IN4O2S. The molecule has 6 nitrogen and oxygen atoms in total. The van der Waals surface area contributed by atoms with Gasteiger partial charge in [0.2, 0.25) is 5.91 Å². The zero-order valence-corrected chi connectivity index (χ0v) is 21.7. The Morgan fingerprint density at radius 3 is 2.56 bits per heavy atom. The number of amides is 2. The molecule has 2 aliphatic rings. The van der Waals surface area contributed by atoms with Crippen LogP contribution >= 0.6 is 33.9 Å². The SMILES string of the molecule is CC(=O)NC(C)(CI)c1csc(-c2ccc(C(=O)N3CCCC3CN3CCCC3)cc2)n1. The van der Waals surface area contributed by atoms with Gasteiger partial charge in [-0.3, -0.25) is 9.59 Å². The molecule has 3 heterocycles. The number of hydrogen-bond acceptors (Lipinski definition) is 5. The molecule has 2 amide bonds. The minimum Gasteiger partial charge on any atom is -0.345 e. The van der Waals surface area contributed by atoms with Crippen LogP contribution in [0.1, 0.15) is 55.6 Å². The molecule has 2 unspecified atom stereocenters. The average molecular weight is 567 g/mol. The van der Waals surface area contributed by atoms with E-state index in [1.807, 2.05) is 36.6 Å². The Balaban J connectivity index is 1.45. The number of likely N-dealkylation sites (tertiary alicyclic amines) is 2. The van der Waals surface area contributed by atoms with Crippen LogP contribution in [0.25, 0.3) is 10.6 Å². The molecule has 0 radical (unpaired) electrons. The summed E-state index contributed by atoms with van der Waals surface area (Å²) >= 11 is 3.84. The monoisotopic (exact) mass is 566 g/mol. The highest BCUT2D eigenvalue weighted by atomic mass is 127. The van der Waals surface area contributed by atoms with Crippen LogP contribution in [0.5, 0.6) is 0 Å². The molecule has 2 atom stereocenters. The van der Waals surface area contributed by atoms with Crippen molar-refractivity contribution in [2.45, 2.75) is 51.1 Å². The number of halogens is 1. The highest BCUT2D eigenvalue weighted by Gasteiger charge is 2.32. The second kappa shape index (κ2) is 10.2. The number of carbonyl (C=O) groups excluding carboxylic acids is 2. The number of alkyl halides is 1. The van der Waals surface area contributed by atoms with E-state index < -0.39 is 5.54 Å². The molecule has 2 aliphatic heterocycles. The van der Waals surface area contributed by atoms with Crippen LogP contribution in [-0.4, -0.2) is 63.2 Å². The van der Waals surface area contributed by atoms with Crippen LogP contribution in [0.3, 0.4) is 0 Å². The first-order valence-electron chi connectivity index (χ1n) is 11.3. The van der Waals surface area contributed by atoms with Gasteiger partial charge in [-0.15, -0.1) is 11.3 Å². The van der Waals surface area contributed by atoms with E-state index >= 15 is 0 Å². The van der Waals surface area contributed by atoms with Crippen LogP contribution in [0.4, 0.5) is 0 Å². The van der Waals surface area contributed by atoms with Gasteiger partial charge < -0.3 is 15.1 Å². The number of benzene rings is 1. The smallest absolute Gasteiger partial charge is 0.254 e. The van der Waals surface area contributed by atoms with Crippen LogP contribution in [-0.2, 0) is 10.3 Å². The quantitative estimate of drug-likeness (QED) is 0.401. The molecule has 4 rings (SSSR count). The molecule has 8 heteroatoms. The number of nitrogens with one attached hydrogen (secondary N) is 1. The molecule has 2 saturated heterocycles. The molecule has 1 aromatic heterocycles. The molecule has 0 spiro atoms. The molecule has 0 aliphatic carbocycles. The molecule has 2 aromatic rings. The third-order valence-electron chi connectivity index (χ3n) is 6.47. The largest absolute Gasteiger partial charge is 0.345 e. The van der Waals surface area contributed by atoms with Crippen molar-refractivity contribution in [2.75, 3.05) is 30.6 Å². The third-order valence-corrected chi connectivity index (χ3v) is 8.89. The van der Waals surface area contributed by atoms with E-state index in [1.54, 1.807) is 11.3 Å². The maximum absolute atomic E-state index is 13.2. The Morgan fingerprint density at radius 2 is 1.91 bits per heavy atom. The standard InChI is InChI=1S/C24H31IN4O2S/c1-17(30)27-24(2,16-25)21-15-32-22(26-21)18-7-9-19(10-8-18)23(31)29-13-5-6-20(29)14-28-11-3-4-12-28/h7-10,15,20H,3-6,11-14,16H2,1-2H3,(H,27,30). The van der Waals surface area contributed by atoms with E-state index in [0.29, 0.717) is 6.04 Å². The Kier molecular flexibility index (Phi) is 7.51. The average Bonchev–Trinajstić information content (AvgIpc) is 3.55. The lowest BCUT2D eigenvalue weighted by Gasteiger charge is -2.28. The van der Waals surface area contributed by atoms with Crippen LogP contribution < -0.4 is 5.32 Å². The number of nitrogens with zero attached hydrogens (tertiary/aromatic N) is 3. The van der Waals surface area contributed by atoms with E-state index in [-0.39, 0.29) is 11.8 Å². The second-order valence-corrected chi connectivity index (χ2v) is 10.7. The molecule has 0 bridgehead atoms. The predicted molar refractivity (Wildman–Crippen MR) is 137 cm³/mol. The van der Waals surface area contributed by atoms with Gasteiger partial charge in [-0.25, -0.2) is 4.98 Å². The minimum atomic E-state index is -0.489. The van der Waals surface area contributed by atoms with E-state index in [9.17, 15) is 9.59 Å². The highest BCUT2D eigenvalue weighted by Crippen LogP contribution is 2.31. The summed E-state index contributed by atoms with van der Waals surface area (Å²) in [6.07, 6.45) is 4.75. The molecular weight excluding hydrogens is 535 g/mol. The number of thiazole rings is 1. The third kappa shape index (κ3) is 5.17. The summed E-state index contributed by atoms with van der Waals surface area (Å²) in [6, 6.07) is 8.16. The van der Waals surface area contributed by atoms with Crippen molar-refractivity contribution in [1.29, 1.82) is 0 Å². The van der Waals surface area contributed by atoms with Crippen LogP contribution in [0.15, 0.2) is 29.6 Å². The fraction of sp³-hybridized carbons (Fsp3) is 0.542. The summed E-state index contributed by atoms with van der Waals surface area (Å²) < 4.78 is 0.732. The van der Waals surface area contributed by atoms with Crippen molar-refractivity contribution in [3.8, 4) is 10.6 Å². The van der Waals surface area contributed by atoms with Gasteiger partial charge >= 0.3 is 0 Å². The van der Waals surface area contributed by atoms with E-state index in [1.165, 1.54) is 32.9 Å². The van der Waals surface area contributed by atoms with Crippen molar-refractivity contribution >= 4 is 45.7 Å². The maximum Gasteiger partial charge on any atom is 0.254 e. The number of hydrogen-bond donors (Lipinski definition) is 1. The summed E-state index contributed by atoms with van der Waals surface area (Å²) in [5.41, 5.74) is 2.11. The Hall–Kier alpha value is -1.52. The summed E-state index contributed by atoms with van der Waals surface area (Å²) in [6.45, 7) is 7.73. The molecule has 1 aromatic carbocycles. The number of carbonyl (C=O) groups is 2. The van der Waals surface area contributed by atoms with E-state index in [4.69, 9.17) is 4.98 Å². The van der Waals surface area contributed by atoms with Crippen molar-refractivity contribution in [3.05, 3.63) is 40.9 Å². The van der Waals surface area contributed by atoms with Gasteiger partial charge in [0.1, 0.15) is 5.01 Å². The summed E-state index contributed by atoms with van der Waals surface area (Å²) in [5, 5.41) is 5.92. The molecule has 172 valence electrons. The summed E-state index contributed by atoms with van der Waals surface area (Å²) in [5.74, 6) is 0.0766. The van der Waals surface area contributed by atoms with Gasteiger partial charge in [0.25, 0.3) is 5.91 Å². The molecule has 32 heavy (non-hydrogen) atoms. The zero-order valence-electron chi connectivity index (χ0n) is 18.8. The first-order chi connectivity index (χ1) is 15.4. The van der Waals surface area contributed by atoms with Crippen LogP contribution in [0.2, 0.25) is 0 Å². The van der Waals surface area contributed by atoms with Gasteiger partial charge in [0, 0.05) is 47.0 Å². The van der Waals surface area contributed by atoms with Gasteiger partial charge in [-0.05, 0) is 57.8 Å². The summed E-state index contributed by atoms with van der Waals surface area (Å²) in [7, 11) is 0. The fourth-order valence-corrected chi connectivity index (χ4v) is 6.23. The lowest BCUT2D eigenvalue weighted by atomic mass is 10.0. The normalized spacial score (nSPS) is 21.0. The number of rotatable bonds is 7. The highest BCUT2D eigenvalue weighted by molar-refractivity contribution is 14.1. The number of aromatic nitrogens is 1. The van der Waals surface area contributed by atoms with Gasteiger partial charge in [0.05, 0.1) is 11.2 Å². The Bertz CT molecular complexity index is 957. The topological polar surface area (TPSA) is 65.5 Å². The van der Waals surface area contributed by atoms with Gasteiger partial charge in [-0.1, -0.05) is 34.7 Å². The second-order valence-electron chi connectivity index (χ2n) is 9.06. The molecule has 2 fully saturated rings. The van der Waals surface area contributed by atoms with Gasteiger partial charge in [-0.2, -0.15) is 0 Å². The molecule has 1 N–H and O–H groups in total. The minimum absolute atomic E-state index is 0.0634. The van der Waals surface area contributed by atoms with Crippen molar-refractivity contribution in [3.63, 3.8) is 0 Å². The first-order valence-corrected chi connectivity index (χ1v) is 13.7. The molecule has 0 saturated carbocycles. The first kappa shape index (κ1) is 23.6. The van der Waals surface area contributed by atoms with Crippen molar-refractivity contribution in [1.82, 2.24) is 20.1 Å². The Morgan fingerprint density at radius 1 is 1.19 bits per heavy atom. The van der Waals surface area contributed by atoms with Crippen molar-refractivity contribution in [2.24, 2.45) is 0 Å². The van der Waals surface area contributed by atoms with E-state index in [0.717, 1.165) is 52.2 Å². The van der Waals surface area contributed by atoms with E-state index in [2.05, 4.69) is 37.7 Å². The van der Waals surface area contributed by atoms with Crippen molar-refractivity contribution < 1.29 is 9.59 Å². The fourth-order valence-electron chi connectivity index (χ4n) is 4.69.